The van der Waals surface area contributed by atoms with E-state index in [9.17, 15) is 9.90 Å². The zero-order chi connectivity index (χ0) is 16.5. The number of nitrogens with one attached hydrogen (secondary N) is 1. The maximum absolute atomic E-state index is 12.1. The first-order chi connectivity index (χ1) is 11.2. The quantitative estimate of drug-likeness (QED) is 0.788. The molecule has 0 radical (unpaired) electrons. The standard InChI is InChI=1S/C19H23NO3/c1-23-14-17(13-16-7-10-18(21)11-8-16)20-19(22)12-9-15-5-3-2-4-6-15/h2-8,10-11,17,21H,9,12-14H2,1H3,(H,20,22). The van der Waals surface area contributed by atoms with Crippen molar-refractivity contribution in [2.45, 2.75) is 25.3 Å². The van der Waals surface area contributed by atoms with Crippen molar-refractivity contribution >= 4 is 5.91 Å². The van der Waals surface area contributed by atoms with Gasteiger partial charge in [0.2, 0.25) is 5.91 Å². The molecule has 4 heteroatoms. The highest BCUT2D eigenvalue weighted by molar-refractivity contribution is 5.76. The van der Waals surface area contributed by atoms with Gasteiger partial charge in [-0.15, -0.1) is 0 Å². The second-order valence-corrected chi connectivity index (χ2v) is 5.58. The lowest BCUT2D eigenvalue weighted by atomic mass is 10.1. The van der Waals surface area contributed by atoms with E-state index in [1.54, 1.807) is 19.2 Å². The maximum atomic E-state index is 12.1. The largest absolute Gasteiger partial charge is 0.508 e. The van der Waals surface area contributed by atoms with E-state index in [1.807, 2.05) is 42.5 Å². The molecular weight excluding hydrogens is 290 g/mol. The molecule has 0 aliphatic rings. The van der Waals surface area contributed by atoms with Crippen LogP contribution in [0, 0.1) is 0 Å². The molecule has 0 aliphatic heterocycles. The number of hydrogen-bond acceptors (Lipinski definition) is 3. The summed E-state index contributed by atoms with van der Waals surface area (Å²) in [5, 5.41) is 12.3. The van der Waals surface area contributed by atoms with Crippen molar-refractivity contribution in [3.8, 4) is 5.75 Å². The SMILES string of the molecule is COCC(Cc1ccc(O)cc1)NC(=O)CCc1ccccc1. The molecule has 0 aromatic heterocycles. The molecule has 1 unspecified atom stereocenters. The summed E-state index contributed by atoms with van der Waals surface area (Å²) in [5.41, 5.74) is 2.21. The van der Waals surface area contributed by atoms with Gasteiger partial charge < -0.3 is 15.2 Å². The van der Waals surface area contributed by atoms with Crippen LogP contribution in [0.25, 0.3) is 0 Å². The minimum atomic E-state index is -0.0761. The highest BCUT2D eigenvalue weighted by atomic mass is 16.5. The predicted octanol–water partition coefficient (Wildman–Crippen LogP) is 2.70. The first kappa shape index (κ1) is 17.0. The molecule has 0 saturated heterocycles. The number of methoxy groups -OCH3 is 1. The molecule has 1 amide bonds. The fraction of sp³-hybridized carbons (Fsp3) is 0.316. The van der Waals surface area contributed by atoms with Crippen LogP contribution < -0.4 is 5.32 Å². The Morgan fingerprint density at radius 3 is 2.43 bits per heavy atom. The molecule has 2 N–H and O–H groups in total. The highest BCUT2D eigenvalue weighted by Crippen LogP contribution is 2.11. The summed E-state index contributed by atoms with van der Waals surface area (Å²) < 4.78 is 5.20. The third-order valence-electron chi connectivity index (χ3n) is 3.63. The molecule has 0 heterocycles. The van der Waals surface area contributed by atoms with Crippen LogP contribution in [0.3, 0.4) is 0 Å². The normalized spacial score (nSPS) is 11.9. The van der Waals surface area contributed by atoms with Crippen LogP contribution in [-0.4, -0.2) is 30.8 Å². The summed E-state index contributed by atoms with van der Waals surface area (Å²) in [5.74, 6) is 0.263. The Labute approximate surface area is 137 Å². The maximum Gasteiger partial charge on any atom is 0.220 e. The summed E-state index contributed by atoms with van der Waals surface area (Å²) in [6, 6.07) is 16.9. The van der Waals surface area contributed by atoms with Crippen LogP contribution in [0.4, 0.5) is 0 Å². The van der Waals surface area contributed by atoms with Crippen molar-refractivity contribution in [1.82, 2.24) is 5.32 Å². The van der Waals surface area contributed by atoms with Gasteiger partial charge in [0.15, 0.2) is 0 Å². The first-order valence-corrected chi connectivity index (χ1v) is 7.77. The lowest BCUT2D eigenvalue weighted by molar-refractivity contribution is -0.122. The van der Waals surface area contributed by atoms with Crippen molar-refractivity contribution in [1.29, 1.82) is 0 Å². The highest BCUT2D eigenvalue weighted by Gasteiger charge is 2.13. The number of hydrogen-bond donors (Lipinski definition) is 2. The Balaban J connectivity index is 1.85. The van der Waals surface area contributed by atoms with E-state index in [1.165, 1.54) is 0 Å². The van der Waals surface area contributed by atoms with Crippen molar-refractivity contribution in [2.24, 2.45) is 0 Å². The van der Waals surface area contributed by atoms with E-state index in [0.29, 0.717) is 19.4 Å². The van der Waals surface area contributed by atoms with Gasteiger partial charge in [-0.05, 0) is 36.1 Å². The molecular formula is C19H23NO3. The number of rotatable bonds is 8. The van der Waals surface area contributed by atoms with Gasteiger partial charge in [-0.2, -0.15) is 0 Å². The zero-order valence-electron chi connectivity index (χ0n) is 13.4. The van der Waals surface area contributed by atoms with Gasteiger partial charge in [0, 0.05) is 13.5 Å². The zero-order valence-corrected chi connectivity index (χ0v) is 13.4. The summed E-state index contributed by atoms with van der Waals surface area (Å²) in [7, 11) is 1.62. The molecule has 1 atom stereocenters. The van der Waals surface area contributed by atoms with E-state index in [4.69, 9.17) is 4.74 Å². The Morgan fingerprint density at radius 1 is 1.09 bits per heavy atom. The van der Waals surface area contributed by atoms with Crippen LogP contribution >= 0.6 is 0 Å². The molecule has 0 spiro atoms. The second-order valence-electron chi connectivity index (χ2n) is 5.58. The van der Waals surface area contributed by atoms with Crippen LogP contribution in [0.1, 0.15) is 17.5 Å². The number of carbonyl (C=O) groups excluding carboxylic acids is 1. The Bertz CT molecular complexity index is 596. The van der Waals surface area contributed by atoms with Crippen molar-refractivity contribution in [2.75, 3.05) is 13.7 Å². The topological polar surface area (TPSA) is 58.6 Å². The Kier molecular flexibility index (Phi) is 6.63. The second kappa shape index (κ2) is 8.96. The van der Waals surface area contributed by atoms with Gasteiger partial charge in [0.25, 0.3) is 0 Å². The molecule has 2 rings (SSSR count). The number of amides is 1. The molecule has 2 aromatic carbocycles. The average Bonchev–Trinajstić information content (AvgIpc) is 2.56. The molecule has 2 aromatic rings. The van der Waals surface area contributed by atoms with Gasteiger partial charge in [0.05, 0.1) is 12.6 Å². The van der Waals surface area contributed by atoms with Crippen molar-refractivity contribution in [3.63, 3.8) is 0 Å². The van der Waals surface area contributed by atoms with Gasteiger partial charge in [0.1, 0.15) is 5.75 Å². The van der Waals surface area contributed by atoms with Crippen LogP contribution in [-0.2, 0) is 22.4 Å². The molecule has 0 bridgehead atoms. The Hall–Kier alpha value is -2.33. The van der Waals surface area contributed by atoms with Crippen molar-refractivity contribution in [3.05, 3.63) is 65.7 Å². The number of aromatic hydroxyl groups is 1. The molecule has 122 valence electrons. The van der Waals surface area contributed by atoms with E-state index in [2.05, 4.69) is 5.32 Å². The number of phenols is 1. The molecule has 0 aliphatic carbocycles. The minimum Gasteiger partial charge on any atom is -0.508 e. The fourth-order valence-electron chi connectivity index (χ4n) is 2.47. The number of phenolic OH excluding ortho intramolecular Hbond substituents is 1. The summed E-state index contributed by atoms with van der Waals surface area (Å²) in [6.45, 7) is 0.456. The van der Waals surface area contributed by atoms with Gasteiger partial charge in [-0.3, -0.25) is 4.79 Å². The lowest BCUT2D eigenvalue weighted by Crippen LogP contribution is -2.39. The number of carbonyl (C=O) groups is 1. The van der Waals surface area contributed by atoms with E-state index < -0.39 is 0 Å². The smallest absolute Gasteiger partial charge is 0.220 e. The molecule has 4 nitrogen and oxygen atoms in total. The third-order valence-corrected chi connectivity index (χ3v) is 3.63. The number of ether oxygens (including phenoxy) is 1. The minimum absolute atomic E-state index is 0.0229. The molecule has 0 saturated carbocycles. The molecule has 0 fully saturated rings. The van der Waals surface area contributed by atoms with Crippen LogP contribution in [0.2, 0.25) is 0 Å². The first-order valence-electron chi connectivity index (χ1n) is 7.77. The lowest BCUT2D eigenvalue weighted by Gasteiger charge is -2.18. The van der Waals surface area contributed by atoms with E-state index >= 15 is 0 Å². The van der Waals surface area contributed by atoms with Gasteiger partial charge in [-0.1, -0.05) is 42.5 Å². The number of aryl methyl sites for hydroxylation is 1. The number of benzene rings is 2. The fourth-order valence-corrected chi connectivity index (χ4v) is 2.47. The summed E-state index contributed by atoms with van der Waals surface area (Å²) >= 11 is 0. The van der Waals surface area contributed by atoms with E-state index in [-0.39, 0.29) is 17.7 Å². The third kappa shape index (κ3) is 6.12. The predicted molar refractivity (Wildman–Crippen MR) is 90.4 cm³/mol. The van der Waals surface area contributed by atoms with Crippen LogP contribution in [0.5, 0.6) is 5.75 Å². The van der Waals surface area contributed by atoms with Crippen LogP contribution in [0.15, 0.2) is 54.6 Å². The summed E-state index contributed by atoms with van der Waals surface area (Å²) in [4.78, 5) is 12.1. The van der Waals surface area contributed by atoms with Crippen molar-refractivity contribution < 1.29 is 14.6 Å². The summed E-state index contributed by atoms with van der Waals surface area (Å²) in [6.07, 6.45) is 1.86. The monoisotopic (exact) mass is 313 g/mol. The Morgan fingerprint density at radius 2 is 1.78 bits per heavy atom. The molecule has 23 heavy (non-hydrogen) atoms. The van der Waals surface area contributed by atoms with E-state index in [0.717, 1.165) is 17.5 Å². The van der Waals surface area contributed by atoms with Gasteiger partial charge in [-0.25, -0.2) is 0 Å². The van der Waals surface area contributed by atoms with Gasteiger partial charge >= 0.3 is 0 Å². The average molecular weight is 313 g/mol.